The van der Waals surface area contributed by atoms with Crippen LogP contribution in [0.3, 0.4) is 0 Å². The topological polar surface area (TPSA) is 29.9 Å². The molecule has 2 rings (SSSR count). The molecule has 0 atom stereocenters. The summed E-state index contributed by atoms with van der Waals surface area (Å²) in [6.07, 6.45) is 4.33. The van der Waals surface area contributed by atoms with Gasteiger partial charge in [-0.05, 0) is 24.7 Å². The summed E-state index contributed by atoms with van der Waals surface area (Å²) in [5.41, 5.74) is 0.471. The second kappa shape index (κ2) is 4.40. The highest BCUT2D eigenvalue weighted by atomic mass is 19.1. The third kappa shape index (κ3) is 1.94. The molecule has 0 saturated heterocycles. The molecule has 0 spiro atoms. The maximum atomic E-state index is 13.7. The molecule has 0 fully saturated rings. The van der Waals surface area contributed by atoms with Crippen LogP contribution in [0.25, 0.3) is 5.69 Å². The molecule has 1 aromatic heterocycles. The molecule has 5 heteroatoms. The highest BCUT2D eigenvalue weighted by Crippen LogP contribution is 2.19. The first-order valence-corrected chi connectivity index (χ1v) is 4.83. The fourth-order valence-electron chi connectivity index (χ4n) is 1.56. The normalized spacial score (nSPS) is 10.7. The van der Waals surface area contributed by atoms with E-state index in [4.69, 9.17) is 0 Å². The Kier molecular flexibility index (Phi) is 2.96. The molecular weight excluding hydrogens is 212 g/mol. The Morgan fingerprint density at radius 3 is 2.50 bits per heavy atom. The van der Waals surface area contributed by atoms with Crippen LogP contribution in [0.5, 0.6) is 0 Å². The van der Waals surface area contributed by atoms with E-state index in [1.807, 2.05) is 0 Å². The lowest BCUT2D eigenvalue weighted by atomic mass is 10.2. The van der Waals surface area contributed by atoms with Gasteiger partial charge in [0, 0.05) is 18.9 Å². The fourth-order valence-corrected chi connectivity index (χ4v) is 1.56. The van der Waals surface area contributed by atoms with Gasteiger partial charge in [-0.15, -0.1) is 0 Å². The number of halogens is 2. The molecule has 84 valence electrons. The van der Waals surface area contributed by atoms with Crippen LogP contribution in [-0.2, 0) is 6.54 Å². The molecular formula is C11H11F2N3. The van der Waals surface area contributed by atoms with Crippen molar-refractivity contribution in [2.75, 3.05) is 7.05 Å². The van der Waals surface area contributed by atoms with Crippen molar-refractivity contribution in [3.8, 4) is 5.69 Å². The van der Waals surface area contributed by atoms with Crippen LogP contribution < -0.4 is 5.32 Å². The number of nitrogens with zero attached hydrogens (tertiary/aromatic N) is 2. The molecule has 3 nitrogen and oxygen atoms in total. The van der Waals surface area contributed by atoms with Crippen molar-refractivity contribution in [2.24, 2.45) is 0 Å². The second-order valence-electron chi connectivity index (χ2n) is 3.41. The third-order valence-corrected chi connectivity index (χ3v) is 2.22. The van der Waals surface area contributed by atoms with Crippen LogP contribution in [0.2, 0.25) is 0 Å². The van der Waals surface area contributed by atoms with Crippen LogP contribution >= 0.6 is 0 Å². The molecule has 0 aliphatic carbocycles. The zero-order chi connectivity index (χ0) is 11.5. The average molecular weight is 223 g/mol. The molecule has 0 bridgehead atoms. The fraction of sp³-hybridized carbons (Fsp3) is 0.182. The monoisotopic (exact) mass is 223 g/mol. The van der Waals surface area contributed by atoms with E-state index in [2.05, 4.69) is 10.3 Å². The first kappa shape index (κ1) is 10.8. The van der Waals surface area contributed by atoms with Gasteiger partial charge in [0.15, 0.2) is 11.6 Å². The van der Waals surface area contributed by atoms with Crippen LogP contribution in [0.4, 0.5) is 8.78 Å². The van der Waals surface area contributed by atoms with Crippen molar-refractivity contribution in [3.63, 3.8) is 0 Å². The SMILES string of the molecule is CNCc1cc(F)c(-n2ccnc2)c(F)c1. The van der Waals surface area contributed by atoms with Crippen molar-refractivity contribution in [3.05, 3.63) is 48.1 Å². The number of nitrogens with one attached hydrogen (secondary N) is 1. The van der Waals surface area contributed by atoms with Crippen LogP contribution in [0.1, 0.15) is 5.56 Å². The van der Waals surface area contributed by atoms with E-state index < -0.39 is 11.6 Å². The van der Waals surface area contributed by atoms with E-state index in [1.165, 1.54) is 35.4 Å². The standard InChI is InChI=1S/C11H11F2N3/c1-14-6-8-4-9(12)11(10(13)5-8)16-3-2-15-7-16/h2-5,7,14H,6H2,1H3. The zero-order valence-corrected chi connectivity index (χ0v) is 8.74. The summed E-state index contributed by atoms with van der Waals surface area (Å²) in [7, 11) is 1.72. The van der Waals surface area contributed by atoms with Gasteiger partial charge in [-0.2, -0.15) is 0 Å². The summed E-state index contributed by atoms with van der Waals surface area (Å²) in [6, 6.07) is 2.63. The summed E-state index contributed by atoms with van der Waals surface area (Å²) in [5.74, 6) is -1.19. The largest absolute Gasteiger partial charge is 0.316 e. The molecule has 0 radical (unpaired) electrons. The van der Waals surface area contributed by atoms with E-state index in [0.717, 1.165) is 0 Å². The van der Waals surface area contributed by atoms with Crippen LogP contribution in [0.15, 0.2) is 30.9 Å². The summed E-state index contributed by atoms with van der Waals surface area (Å²) in [5, 5.41) is 2.84. The number of imidazole rings is 1. The molecule has 0 aliphatic heterocycles. The van der Waals surface area contributed by atoms with Gasteiger partial charge in [0.25, 0.3) is 0 Å². The van der Waals surface area contributed by atoms with Gasteiger partial charge in [-0.3, -0.25) is 0 Å². The minimum atomic E-state index is -0.594. The average Bonchev–Trinajstić information content (AvgIpc) is 2.70. The minimum absolute atomic E-state index is 0.0997. The van der Waals surface area contributed by atoms with Gasteiger partial charge >= 0.3 is 0 Å². The van der Waals surface area contributed by atoms with Gasteiger partial charge in [-0.25, -0.2) is 13.8 Å². The highest BCUT2D eigenvalue weighted by molar-refractivity contribution is 5.38. The summed E-state index contributed by atoms with van der Waals surface area (Å²) in [6.45, 7) is 0.429. The third-order valence-electron chi connectivity index (χ3n) is 2.22. The Morgan fingerprint density at radius 1 is 1.31 bits per heavy atom. The maximum Gasteiger partial charge on any atom is 0.150 e. The van der Waals surface area contributed by atoms with Crippen molar-refractivity contribution in [1.29, 1.82) is 0 Å². The molecule has 1 aromatic carbocycles. The zero-order valence-electron chi connectivity index (χ0n) is 8.74. The van der Waals surface area contributed by atoms with Gasteiger partial charge < -0.3 is 9.88 Å². The Labute approximate surface area is 91.7 Å². The second-order valence-corrected chi connectivity index (χ2v) is 3.41. The first-order chi connectivity index (χ1) is 7.72. The first-order valence-electron chi connectivity index (χ1n) is 4.83. The molecule has 2 aromatic rings. The quantitative estimate of drug-likeness (QED) is 0.860. The lowest BCUT2D eigenvalue weighted by Gasteiger charge is -2.08. The van der Waals surface area contributed by atoms with Crippen molar-refractivity contribution < 1.29 is 8.78 Å². The van der Waals surface area contributed by atoms with E-state index in [1.54, 1.807) is 7.05 Å². The number of aromatic nitrogens is 2. The van der Waals surface area contributed by atoms with Crippen LogP contribution in [0, 0.1) is 11.6 Å². The number of hydrogen-bond acceptors (Lipinski definition) is 2. The summed E-state index contributed by atoms with van der Waals surface area (Å²) < 4.78 is 28.7. The predicted molar refractivity (Wildman–Crippen MR) is 56.2 cm³/mol. The van der Waals surface area contributed by atoms with Gasteiger partial charge in [0.2, 0.25) is 0 Å². The van der Waals surface area contributed by atoms with E-state index in [0.29, 0.717) is 12.1 Å². The molecule has 0 saturated carbocycles. The maximum absolute atomic E-state index is 13.7. The number of rotatable bonds is 3. The molecule has 0 amide bonds. The van der Waals surface area contributed by atoms with E-state index in [-0.39, 0.29) is 5.69 Å². The predicted octanol–water partition coefficient (Wildman–Crippen LogP) is 1.87. The lowest BCUT2D eigenvalue weighted by Crippen LogP contribution is -2.08. The summed E-state index contributed by atoms with van der Waals surface area (Å²) >= 11 is 0. The van der Waals surface area contributed by atoms with Gasteiger partial charge in [0.1, 0.15) is 5.69 Å². The number of benzene rings is 1. The molecule has 0 aliphatic rings. The lowest BCUT2D eigenvalue weighted by molar-refractivity contribution is 0.564. The van der Waals surface area contributed by atoms with E-state index >= 15 is 0 Å². The van der Waals surface area contributed by atoms with Gasteiger partial charge in [0.05, 0.1) is 6.33 Å². The molecule has 1 heterocycles. The molecule has 1 N–H and O–H groups in total. The Balaban J connectivity index is 2.48. The Morgan fingerprint density at radius 2 is 2.00 bits per heavy atom. The Hall–Kier alpha value is -1.75. The van der Waals surface area contributed by atoms with Crippen molar-refractivity contribution in [1.82, 2.24) is 14.9 Å². The van der Waals surface area contributed by atoms with Crippen molar-refractivity contribution in [2.45, 2.75) is 6.54 Å². The van der Waals surface area contributed by atoms with Crippen LogP contribution in [-0.4, -0.2) is 16.6 Å². The molecule has 0 unspecified atom stereocenters. The Bertz CT molecular complexity index is 457. The number of hydrogen-bond donors (Lipinski definition) is 1. The van der Waals surface area contributed by atoms with E-state index in [9.17, 15) is 8.78 Å². The minimum Gasteiger partial charge on any atom is -0.316 e. The smallest absolute Gasteiger partial charge is 0.150 e. The van der Waals surface area contributed by atoms with Gasteiger partial charge in [-0.1, -0.05) is 0 Å². The molecule has 16 heavy (non-hydrogen) atoms. The summed E-state index contributed by atoms with van der Waals surface area (Å²) in [4.78, 5) is 3.76. The van der Waals surface area contributed by atoms with Crippen molar-refractivity contribution >= 4 is 0 Å². The highest BCUT2D eigenvalue weighted by Gasteiger charge is 2.12.